The number of ether oxygens (including phenoxy) is 1. The number of halogens is 1. The summed E-state index contributed by atoms with van der Waals surface area (Å²) in [4.78, 5) is 17.0. The number of carbonyl (C=O) groups excluding carboxylic acids is 1. The highest BCUT2D eigenvalue weighted by Gasteiger charge is 2.10. The predicted octanol–water partition coefficient (Wildman–Crippen LogP) is 6.62. The third kappa shape index (κ3) is 7.85. The molecule has 0 saturated carbocycles. The van der Waals surface area contributed by atoms with Crippen molar-refractivity contribution in [3.63, 3.8) is 0 Å². The molecule has 188 valence electrons. The second-order valence-electron chi connectivity index (χ2n) is 8.97. The first kappa shape index (κ1) is 25.8. The molecule has 0 unspecified atom stereocenters. The molecule has 0 radical (unpaired) electrons. The van der Waals surface area contributed by atoms with E-state index in [9.17, 15) is 4.79 Å². The molecule has 5 nitrogen and oxygen atoms in total. The quantitative estimate of drug-likeness (QED) is 0.197. The number of nitrogens with one attached hydrogen (secondary N) is 1. The van der Waals surface area contributed by atoms with Gasteiger partial charge in [-0.3, -0.25) is 4.79 Å². The van der Waals surface area contributed by atoms with E-state index >= 15 is 0 Å². The summed E-state index contributed by atoms with van der Waals surface area (Å²) in [7, 11) is 0. The van der Waals surface area contributed by atoms with Gasteiger partial charge in [-0.05, 0) is 67.6 Å². The van der Waals surface area contributed by atoms with E-state index in [0.717, 1.165) is 68.7 Å². The number of amides is 1. The van der Waals surface area contributed by atoms with Crippen molar-refractivity contribution < 1.29 is 9.53 Å². The van der Waals surface area contributed by atoms with Crippen LogP contribution in [0.1, 0.15) is 43.5 Å². The number of nitrogens with zero attached hydrogens (tertiary/aromatic N) is 2. The lowest BCUT2D eigenvalue weighted by Gasteiger charge is -2.11. The van der Waals surface area contributed by atoms with Crippen LogP contribution in [0.25, 0.3) is 11.0 Å². The van der Waals surface area contributed by atoms with Gasteiger partial charge < -0.3 is 14.6 Å². The Morgan fingerprint density at radius 3 is 2.47 bits per heavy atom. The van der Waals surface area contributed by atoms with Crippen LogP contribution in [0.3, 0.4) is 0 Å². The molecule has 1 amide bonds. The Hall–Kier alpha value is -3.31. The topological polar surface area (TPSA) is 56.2 Å². The molecule has 0 bridgehead atoms. The van der Waals surface area contributed by atoms with Crippen LogP contribution < -0.4 is 10.1 Å². The van der Waals surface area contributed by atoms with Crippen LogP contribution in [-0.2, 0) is 24.2 Å². The van der Waals surface area contributed by atoms with Gasteiger partial charge in [0, 0.05) is 31.0 Å². The van der Waals surface area contributed by atoms with Crippen molar-refractivity contribution in [3.05, 3.63) is 95.3 Å². The third-order valence-electron chi connectivity index (χ3n) is 6.22. The maximum atomic E-state index is 12.1. The van der Waals surface area contributed by atoms with E-state index in [-0.39, 0.29) is 5.91 Å². The summed E-state index contributed by atoms with van der Waals surface area (Å²) in [6.07, 6.45) is 6.22. The van der Waals surface area contributed by atoms with E-state index in [1.807, 2.05) is 48.5 Å². The summed E-state index contributed by atoms with van der Waals surface area (Å²) >= 11 is 5.95. The van der Waals surface area contributed by atoms with Gasteiger partial charge in [-0.15, -0.1) is 0 Å². The van der Waals surface area contributed by atoms with Crippen molar-refractivity contribution in [2.45, 2.75) is 51.5 Å². The van der Waals surface area contributed by atoms with Gasteiger partial charge in [-0.1, -0.05) is 60.5 Å². The molecule has 3 aromatic carbocycles. The van der Waals surface area contributed by atoms with Crippen LogP contribution in [0.15, 0.2) is 78.9 Å². The van der Waals surface area contributed by atoms with Crippen LogP contribution in [-0.4, -0.2) is 28.6 Å². The number of hydrogen-bond donors (Lipinski definition) is 1. The highest BCUT2D eigenvalue weighted by molar-refractivity contribution is 6.30. The van der Waals surface area contributed by atoms with Gasteiger partial charge in [0.2, 0.25) is 5.91 Å². The number of unbranched alkanes of at least 4 members (excludes halogenated alkanes) is 2. The summed E-state index contributed by atoms with van der Waals surface area (Å²) in [6.45, 7) is 2.23. The number of imidazole rings is 1. The Balaban J connectivity index is 1.18. The molecule has 1 aromatic heterocycles. The molecule has 0 fully saturated rings. The van der Waals surface area contributed by atoms with Gasteiger partial charge in [0.15, 0.2) is 0 Å². The van der Waals surface area contributed by atoms with Gasteiger partial charge in [-0.2, -0.15) is 0 Å². The zero-order valence-corrected chi connectivity index (χ0v) is 21.4. The minimum absolute atomic E-state index is 0.126. The van der Waals surface area contributed by atoms with E-state index in [1.165, 1.54) is 11.1 Å². The number of rotatable bonds is 14. The second kappa shape index (κ2) is 13.7. The molecule has 0 aliphatic heterocycles. The SMILES string of the molecule is O=C(CCc1ccccc1)NCCCCCc1nc2ccccc2n1CCCOc1ccc(Cl)cc1. The van der Waals surface area contributed by atoms with Crippen LogP contribution >= 0.6 is 11.6 Å². The molecule has 0 saturated heterocycles. The van der Waals surface area contributed by atoms with Crippen molar-refractivity contribution in [1.82, 2.24) is 14.9 Å². The summed E-state index contributed by atoms with van der Waals surface area (Å²) in [5.74, 6) is 2.08. The maximum Gasteiger partial charge on any atom is 0.220 e. The monoisotopic (exact) mass is 503 g/mol. The molecule has 0 aliphatic rings. The van der Waals surface area contributed by atoms with Crippen LogP contribution in [0.4, 0.5) is 0 Å². The lowest BCUT2D eigenvalue weighted by molar-refractivity contribution is -0.121. The number of aromatic nitrogens is 2. The Labute approximate surface area is 218 Å². The highest BCUT2D eigenvalue weighted by Crippen LogP contribution is 2.19. The number of carbonyl (C=O) groups is 1. The molecule has 1 N–H and O–H groups in total. The number of benzene rings is 3. The molecule has 1 heterocycles. The Bertz CT molecular complexity index is 1220. The van der Waals surface area contributed by atoms with Crippen LogP contribution in [0.5, 0.6) is 5.75 Å². The average molecular weight is 504 g/mol. The fraction of sp³-hybridized carbons (Fsp3) is 0.333. The Kier molecular flexibility index (Phi) is 9.80. The van der Waals surface area contributed by atoms with Crippen molar-refractivity contribution in [3.8, 4) is 5.75 Å². The van der Waals surface area contributed by atoms with E-state index in [2.05, 4.69) is 40.2 Å². The van der Waals surface area contributed by atoms with Crippen molar-refractivity contribution in [1.29, 1.82) is 0 Å². The smallest absolute Gasteiger partial charge is 0.220 e. The van der Waals surface area contributed by atoms with Gasteiger partial charge in [0.1, 0.15) is 11.6 Å². The summed E-state index contributed by atoms with van der Waals surface area (Å²) < 4.78 is 8.20. The van der Waals surface area contributed by atoms with E-state index in [0.29, 0.717) is 18.1 Å². The molecule has 36 heavy (non-hydrogen) atoms. The lowest BCUT2D eigenvalue weighted by atomic mass is 10.1. The minimum Gasteiger partial charge on any atom is -0.494 e. The van der Waals surface area contributed by atoms with Crippen molar-refractivity contribution in [2.24, 2.45) is 0 Å². The van der Waals surface area contributed by atoms with Gasteiger partial charge in [0.25, 0.3) is 0 Å². The molecule has 6 heteroatoms. The maximum absolute atomic E-state index is 12.1. The second-order valence-corrected chi connectivity index (χ2v) is 9.41. The van der Waals surface area contributed by atoms with Crippen molar-refractivity contribution in [2.75, 3.05) is 13.2 Å². The van der Waals surface area contributed by atoms with Gasteiger partial charge in [0.05, 0.1) is 17.6 Å². The van der Waals surface area contributed by atoms with Gasteiger partial charge in [-0.25, -0.2) is 4.98 Å². The molecule has 4 rings (SSSR count). The number of aryl methyl sites for hydroxylation is 3. The molecule has 4 aromatic rings. The fourth-order valence-electron chi connectivity index (χ4n) is 4.31. The zero-order valence-electron chi connectivity index (χ0n) is 20.7. The first-order chi connectivity index (χ1) is 17.7. The standard InChI is InChI=1S/C30H34ClN3O2/c31-25-16-18-26(19-17-25)36-23-9-22-34-28-13-7-6-12-27(28)33-29(34)14-5-2-8-21-32-30(35)20-15-24-10-3-1-4-11-24/h1,3-4,6-7,10-13,16-19H,2,5,8-9,14-15,20-23H2,(H,32,35). The summed E-state index contributed by atoms with van der Waals surface area (Å²) in [6, 6.07) is 25.9. The number of fused-ring (bicyclic) bond motifs is 1. The van der Waals surface area contributed by atoms with Gasteiger partial charge >= 0.3 is 0 Å². The minimum atomic E-state index is 0.126. The number of hydrogen-bond acceptors (Lipinski definition) is 3. The van der Waals surface area contributed by atoms with E-state index in [1.54, 1.807) is 0 Å². The predicted molar refractivity (Wildman–Crippen MR) is 147 cm³/mol. The molecule has 0 aliphatic carbocycles. The summed E-state index contributed by atoms with van der Waals surface area (Å²) in [5, 5.41) is 3.76. The third-order valence-corrected chi connectivity index (χ3v) is 6.48. The molecular weight excluding hydrogens is 470 g/mol. The van der Waals surface area contributed by atoms with Crippen molar-refractivity contribution >= 4 is 28.5 Å². The fourth-order valence-corrected chi connectivity index (χ4v) is 4.44. The Morgan fingerprint density at radius 2 is 1.64 bits per heavy atom. The molecule has 0 atom stereocenters. The van der Waals surface area contributed by atoms with Crippen LogP contribution in [0, 0.1) is 0 Å². The van der Waals surface area contributed by atoms with E-state index < -0.39 is 0 Å². The molecular formula is C30H34ClN3O2. The summed E-state index contributed by atoms with van der Waals surface area (Å²) in [5.41, 5.74) is 3.41. The average Bonchev–Trinajstić information content (AvgIpc) is 3.26. The highest BCUT2D eigenvalue weighted by atomic mass is 35.5. The lowest BCUT2D eigenvalue weighted by Crippen LogP contribution is -2.24. The zero-order chi connectivity index (χ0) is 25.0. The Morgan fingerprint density at radius 1 is 0.861 bits per heavy atom. The first-order valence-corrected chi connectivity index (χ1v) is 13.2. The number of para-hydroxylation sites is 2. The van der Waals surface area contributed by atoms with Crippen LogP contribution in [0.2, 0.25) is 5.02 Å². The van der Waals surface area contributed by atoms with E-state index in [4.69, 9.17) is 21.3 Å². The largest absolute Gasteiger partial charge is 0.494 e. The normalized spacial score (nSPS) is 11.0. The first-order valence-electron chi connectivity index (χ1n) is 12.8. The molecule has 0 spiro atoms.